The average Bonchev–Trinajstić information content (AvgIpc) is 3.21. The van der Waals surface area contributed by atoms with Crippen molar-refractivity contribution < 1.29 is 9.59 Å². The maximum absolute atomic E-state index is 12.7. The van der Waals surface area contributed by atoms with E-state index in [0.29, 0.717) is 17.1 Å². The molecule has 2 aromatic carbocycles. The van der Waals surface area contributed by atoms with Gasteiger partial charge in [-0.1, -0.05) is 42.5 Å². The van der Waals surface area contributed by atoms with Gasteiger partial charge in [-0.25, -0.2) is 9.58 Å². The van der Waals surface area contributed by atoms with E-state index < -0.39 is 0 Å². The number of hydrogen-bond acceptors (Lipinski definition) is 5. The van der Waals surface area contributed by atoms with Gasteiger partial charge < -0.3 is 5.32 Å². The van der Waals surface area contributed by atoms with Crippen LogP contribution in [0.2, 0.25) is 0 Å². The first-order valence-electron chi connectivity index (χ1n) is 8.89. The quantitative estimate of drug-likeness (QED) is 0.712. The summed E-state index contributed by atoms with van der Waals surface area (Å²) in [4.78, 5) is 31.0. The van der Waals surface area contributed by atoms with Gasteiger partial charge in [0, 0.05) is 6.04 Å². The smallest absolute Gasteiger partial charge is 0.268 e. The fourth-order valence-electron chi connectivity index (χ4n) is 3.76. The largest absolute Gasteiger partial charge is 0.352 e. The van der Waals surface area contributed by atoms with Gasteiger partial charge in [0.25, 0.3) is 17.8 Å². The van der Waals surface area contributed by atoms with E-state index in [2.05, 4.69) is 34.5 Å². The van der Waals surface area contributed by atoms with Crippen molar-refractivity contribution in [3.05, 3.63) is 71.3 Å². The molecule has 7 nitrogen and oxygen atoms in total. The van der Waals surface area contributed by atoms with Crippen LogP contribution >= 0.6 is 0 Å². The third-order valence-corrected chi connectivity index (χ3v) is 5.05. The summed E-state index contributed by atoms with van der Waals surface area (Å²) in [6.07, 6.45) is 0.835. The number of nitrogens with one attached hydrogen (secondary N) is 1. The molecule has 1 N–H and O–H groups in total. The van der Waals surface area contributed by atoms with E-state index >= 15 is 0 Å². The fourth-order valence-corrected chi connectivity index (χ4v) is 3.76. The molecule has 0 aliphatic carbocycles. The first-order valence-corrected chi connectivity index (χ1v) is 8.89. The van der Waals surface area contributed by atoms with Crippen molar-refractivity contribution in [1.29, 1.82) is 0 Å². The summed E-state index contributed by atoms with van der Waals surface area (Å²) in [5.74, 6) is -0.0985. The molecule has 0 radical (unpaired) electrons. The molecule has 134 valence electrons. The molecule has 0 saturated carbocycles. The van der Waals surface area contributed by atoms with Gasteiger partial charge in [-0.15, -0.1) is 5.10 Å². The van der Waals surface area contributed by atoms with Crippen LogP contribution in [0.15, 0.2) is 54.6 Å². The number of amides is 2. The summed E-state index contributed by atoms with van der Waals surface area (Å²) in [6, 6.07) is 17.0. The van der Waals surface area contributed by atoms with Crippen molar-refractivity contribution >= 4 is 23.7 Å². The number of carbonyl (C=O) groups excluding carboxylic acids is 2. The van der Waals surface area contributed by atoms with Crippen molar-refractivity contribution in [2.75, 3.05) is 10.2 Å². The van der Waals surface area contributed by atoms with Crippen LogP contribution < -0.4 is 10.2 Å². The van der Waals surface area contributed by atoms with Crippen molar-refractivity contribution in [2.45, 2.75) is 25.4 Å². The summed E-state index contributed by atoms with van der Waals surface area (Å²) in [5.41, 5.74) is 1.89. The van der Waals surface area contributed by atoms with Crippen molar-refractivity contribution in [3.8, 4) is 0 Å². The lowest BCUT2D eigenvalue weighted by Gasteiger charge is -2.29. The van der Waals surface area contributed by atoms with E-state index in [4.69, 9.17) is 0 Å². The lowest BCUT2D eigenvalue weighted by Crippen LogP contribution is -2.31. The molecule has 0 bridgehead atoms. The van der Waals surface area contributed by atoms with Crippen LogP contribution in [0.1, 0.15) is 45.7 Å². The highest BCUT2D eigenvalue weighted by Gasteiger charge is 2.40. The minimum Gasteiger partial charge on any atom is -0.352 e. The average molecular weight is 359 g/mol. The Morgan fingerprint density at radius 1 is 0.963 bits per heavy atom. The highest BCUT2D eigenvalue weighted by atomic mass is 16.2. The summed E-state index contributed by atoms with van der Waals surface area (Å²) >= 11 is 0. The number of benzene rings is 2. The normalized spacial score (nSPS) is 21.0. The predicted molar refractivity (Wildman–Crippen MR) is 99.9 cm³/mol. The topological polar surface area (TPSA) is 80.1 Å². The zero-order valence-corrected chi connectivity index (χ0v) is 14.7. The molecular weight excluding hydrogens is 342 g/mol. The SMILES string of the molecule is C[C@H]1C[C@@H](c2ccccc2)n2nc(N3C(=O)c4ccccc4C3=O)nc2N1. The molecule has 3 aromatic rings. The molecule has 0 spiro atoms. The van der Waals surface area contributed by atoms with Crippen LogP contribution in [0.5, 0.6) is 0 Å². The molecule has 0 saturated heterocycles. The van der Waals surface area contributed by atoms with Gasteiger partial charge in [0.1, 0.15) is 0 Å². The van der Waals surface area contributed by atoms with Crippen molar-refractivity contribution in [3.63, 3.8) is 0 Å². The number of aromatic nitrogens is 3. The zero-order valence-electron chi connectivity index (χ0n) is 14.7. The Morgan fingerprint density at radius 3 is 2.26 bits per heavy atom. The third kappa shape index (κ3) is 2.35. The summed E-state index contributed by atoms with van der Waals surface area (Å²) in [6.45, 7) is 2.08. The lowest BCUT2D eigenvalue weighted by molar-refractivity contribution is 0.0923. The third-order valence-electron chi connectivity index (χ3n) is 5.05. The van der Waals surface area contributed by atoms with Crippen LogP contribution in [0.25, 0.3) is 0 Å². The van der Waals surface area contributed by atoms with Gasteiger partial charge in [-0.2, -0.15) is 4.98 Å². The predicted octanol–water partition coefficient (Wildman–Crippen LogP) is 2.87. The molecule has 7 heteroatoms. The Balaban J connectivity index is 1.58. The minimum absolute atomic E-state index is 0.00566. The molecule has 2 aliphatic rings. The molecule has 2 amide bonds. The van der Waals surface area contributed by atoms with Gasteiger partial charge in [-0.05, 0) is 31.0 Å². The highest BCUT2D eigenvalue weighted by Crippen LogP contribution is 2.34. The highest BCUT2D eigenvalue weighted by molar-refractivity contribution is 6.33. The number of imide groups is 1. The molecule has 1 aromatic heterocycles. The van der Waals surface area contributed by atoms with E-state index in [1.165, 1.54) is 0 Å². The lowest BCUT2D eigenvalue weighted by atomic mass is 9.99. The molecular formula is C20H17N5O2. The van der Waals surface area contributed by atoms with E-state index in [9.17, 15) is 9.59 Å². The van der Waals surface area contributed by atoms with Gasteiger partial charge in [-0.3, -0.25) is 9.59 Å². The van der Waals surface area contributed by atoms with E-state index in [0.717, 1.165) is 16.9 Å². The molecule has 0 fully saturated rings. The molecule has 2 atom stereocenters. The Morgan fingerprint density at radius 2 is 1.59 bits per heavy atom. The van der Waals surface area contributed by atoms with Crippen LogP contribution in [0.4, 0.5) is 11.9 Å². The Labute approximate surface area is 155 Å². The number of nitrogens with zero attached hydrogens (tertiary/aromatic N) is 4. The van der Waals surface area contributed by atoms with Crippen LogP contribution in [-0.4, -0.2) is 32.6 Å². The second-order valence-corrected chi connectivity index (χ2v) is 6.88. The Hall–Kier alpha value is -3.48. The molecule has 3 heterocycles. The summed E-state index contributed by atoms with van der Waals surface area (Å²) in [5, 5.41) is 7.83. The van der Waals surface area contributed by atoms with Crippen molar-refractivity contribution in [2.24, 2.45) is 0 Å². The molecule has 0 unspecified atom stereocenters. The number of fused-ring (bicyclic) bond motifs is 2. The summed E-state index contributed by atoms with van der Waals surface area (Å²) in [7, 11) is 0. The number of hydrogen-bond donors (Lipinski definition) is 1. The molecule has 5 rings (SSSR count). The zero-order chi connectivity index (χ0) is 18.5. The van der Waals surface area contributed by atoms with Gasteiger partial charge in [0.15, 0.2) is 0 Å². The van der Waals surface area contributed by atoms with Gasteiger partial charge >= 0.3 is 0 Å². The van der Waals surface area contributed by atoms with E-state index in [1.54, 1.807) is 28.9 Å². The van der Waals surface area contributed by atoms with Crippen LogP contribution in [-0.2, 0) is 0 Å². The molecule has 2 aliphatic heterocycles. The minimum atomic E-state index is -0.386. The van der Waals surface area contributed by atoms with Crippen LogP contribution in [0.3, 0.4) is 0 Å². The van der Waals surface area contributed by atoms with Crippen LogP contribution in [0, 0.1) is 0 Å². The number of carbonyl (C=O) groups is 2. The second kappa shape index (κ2) is 5.77. The number of anilines is 2. The van der Waals surface area contributed by atoms with Crippen molar-refractivity contribution in [1.82, 2.24) is 14.8 Å². The van der Waals surface area contributed by atoms with E-state index in [-0.39, 0.29) is 29.8 Å². The first kappa shape index (κ1) is 15.7. The van der Waals surface area contributed by atoms with Gasteiger partial charge in [0.05, 0.1) is 17.2 Å². The Bertz CT molecular complexity index is 1020. The Kier molecular flexibility index (Phi) is 3.36. The second-order valence-electron chi connectivity index (χ2n) is 6.88. The maximum Gasteiger partial charge on any atom is 0.268 e. The number of rotatable bonds is 2. The summed E-state index contributed by atoms with van der Waals surface area (Å²) < 4.78 is 1.77. The van der Waals surface area contributed by atoms with E-state index in [1.807, 2.05) is 18.2 Å². The first-order chi connectivity index (χ1) is 13.1. The van der Waals surface area contributed by atoms with Gasteiger partial charge in [0.2, 0.25) is 5.95 Å². The molecule has 27 heavy (non-hydrogen) atoms. The monoisotopic (exact) mass is 359 g/mol. The standard InChI is InChI=1S/C20H17N5O2/c1-12-11-16(13-7-3-2-4-8-13)25-19(21-12)22-20(23-25)24-17(26)14-9-5-6-10-15(14)18(24)27/h2-10,12,16H,11H2,1H3,(H,21,22,23)/t12-,16-/m0/s1. The maximum atomic E-state index is 12.7. The fraction of sp³-hybridized carbons (Fsp3) is 0.200.